The summed E-state index contributed by atoms with van der Waals surface area (Å²) in [6.07, 6.45) is 1.38. The first-order valence-electron chi connectivity index (χ1n) is 3.98. The molecule has 0 heterocycles. The largest absolute Gasteiger partial charge is 0.241 e. The maximum absolute atomic E-state index is 12.0. The van der Waals surface area contributed by atoms with Gasteiger partial charge in [0.1, 0.15) is 0 Å². The Bertz CT molecular complexity index is 93.4. The minimum atomic E-state index is -2.08. The van der Waals surface area contributed by atoms with Crippen LogP contribution in [0.2, 0.25) is 0 Å². The van der Waals surface area contributed by atoms with Gasteiger partial charge in [0.25, 0.3) is 0 Å². The van der Waals surface area contributed by atoms with E-state index in [-0.39, 0.29) is 5.92 Å². The lowest BCUT2D eigenvalue weighted by molar-refractivity contribution is 0.0484. The molecule has 0 spiro atoms. The van der Waals surface area contributed by atoms with Crippen LogP contribution in [0.15, 0.2) is 0 Å². The van der Waals surface area contributed by atoms with Crippen LogP contribution in [-0.2, 0) is 0 Å². The van der Waals surface area contributed by atoms with Crippen molar-refractivity contribution < 1.29 is 8.78 Å². The van der Waals surface area contributed by atoms with Gasteiger partial charge in [-0.1, -0.05) is 19.8 Å². The average molecular weight is 148 g/mol. The summed E-state index contributed by atoms with van der Waals surface area (Å²) >= 11 is 0. The molecule has 0 atom stereocenters. The van der Waals surface area contributed by atoms with E-state index in [0.717, 1.165) is 25.7 Å². The maximum atomic E-state index is 12.0. The van der Waals surface area contributed by atoms with Crippen LogP contribution < -0.4 is 0 Å². The Kier molecular flexibility index (Phi) is 2.64. The van der Waals surface area contributed by atoms with Gasteiger partial charge < -0.3 is 0 Å². The van der Waals surface area contributed by atoms with Crippen molar-refractivity contribution in [3.05, 3.63) is 0 Å². The minimum absolute atomic E-state index is 0.295. The molecular weight excluding hydrogens is 134 g/mol. The Hall–Kier alpha value is -0.140. The number of rotatable bonds is 1. The number of alkyl halides is 2. The van der Waals surface area contributed by atoms with Crippen LogP contribution in [0.4, 0.5) is 8.78 Å². The Labute approximate surface area is 60.6 Å². The van der Waals surface area contributed by atoms with E-state index in [9.17, 15) is 8.78 Å². The lowest BCUT2D eigenvalue weighted by atomic mass is 9.83. The summed E-state index contributed by atoms with van der Waals surface area (Å²) in [5.74, 6) is 0.381. The predicted molar refractivity (Wildman–Crippen MR) is 37.1 cm³/mol. The SMILES string of the molecule is CC1CCC(C(F)F)CC1. The van der Waals surface area contributed by atoms with Gasteiger partial charge in [-0.3, -0.25) is 0 Å². The van der Waals surface area contributed by atoms with E-state index in [0.29, 0.717) is 5.92 Å². The van der Waals surface area contributed by atoms with Crippen LogP contribution in [0.5, 0.6) is 0 Å². The molecule has 0 aromatic heterocycles. The van der Waals surface area contributed by atoms with Crippen LogP contribution in [0.3, 0.4) is 0 Å². The molecule has 1 aliphatic rings. The summed E-state index contributed by atoms with van der Waals surface area (Å²) in [5, 5.41) is 0. The van der Waals surface area contributed by atoms with E-state index in [1.807, 2.05) is 0 Å². The van der Waals surface area contributed by atoms with Crippen molar-refractivity contribution in [3.8, 4) is 0 Å². The van der Waals surface area contributed by atoms with E-state index in [2.05, 4.69) is 6.92 Å². The molecule has 0 unspecified atom stereocenters. The van der Waals surface area contributed by atoms with Gasteiger partial charge in [-0.05, 0) is 18.8 Å². The monoisotopic (exact) mass is 148 g/mol. The summed E-state index contributed by atoms with van der Waals surface area (Å²) in [7, 11) is 0. The maximum Gasteiger partial charge on any atom is 0.241 e. The quantitative estimate of drug-likeness (QED) is 0.536. The van der Waals surface area contributed by atoms with E-state index >= 15 is 0 Å². The van der Waals surface area contributed by atoms with Crippen molar-refractivity contribution in [1.29, 1.82) is 0 Å². The molecule has 0 bridgehead atoms. The first kappa shape index (κ1) is 7.96. The second kappa shape index (κ2) is 3.31. The zero-order chi connectivity index (χ0) is 7.56. The molecule has 0 aromatic rings. The first-order valence-corrected chi connectivity index (χ1v) is 3.98. The van der Waals surface area contributed by atoms with Crippen LogP contribution in [0.1, 0.15) is 32.6 Å². The second-order valence-electron chi connectivity index (χ2n) is 3.35. The van der Waals surface area contributed by atoms with Crippen LogP contribution in [0, 0.1) is 11.8 Å². The van der Waals surface area contributed by atoms with Gasteiger partial charge in [0.2, 0.25) is 6.43 Å². The number of halogens is 2. The van der Waals surface area contributed by atoms with E-state index < -0.39 is 6.43 Å². The Morgan fingerprint density at radius 3 is 2.00 bits per heavy atom. The molecule has 0 aromatic carbocycles. The third-order valence-electron chi connectivity index (χ3n) is 2.42. The second-order valence-corrected chi connectivity index (χ2v) is 3.35. The Balaban J connectivity index is 2.26. The predicted octanol–water partition coefficient (Wildman–Crippen LogP) is 3.08. The van der Waals surface area contributed by atoms with E-state index in [1.165, 1.54) is 0 Å². The summed E-state index contributed by atoms with van der Waals surface area (Å²) in [6, 6.07) is 0. The molecular formula is C8H14F2. The summed E-state index contributed by atoms with van der Waals surface area (Å²) in [4.78, 5) is 0. The normalized spacial score (nSPS) is 34.8. The van der Waals surface area contributed by atoms with Crippen LogP contribution in [0.25, 0.3) is 0 Å². The highest BCUT2D eigenvalue weighted by Crippen LogP contribution is 2.31. The standard InChI is InChI=1S/C8H14F2/c1-6-2-4-7(5-3-6)8(9)10/h6-8H,2-5H2,1H3. The van der Waals surface area contributed by atoms with Gasteiger partial charge in [0.15, 0.2) is 0 Å². The smallest absolute Gasteiger partial charge is 0.210 e. The first-order chi connectivity index (χ1) is 4.70. The molecule has 10 heavy (non-hydrogen) atoms. The van der Waals surface area contributed by atoms with Gasteiger partial charge in [0, 0.05) is 5.92 Å². The summed E-state index contributed by atoms with van der Waals surface area (Å²) < 4.78 is 24.1. The molecule has 1 saturated carbocycles. The highest BCUT2D eigenvalue weighted by atomic mass is 19.3. The zero-order valence-electron chi connectivity index (χ0n) is 6.32. The fourth-order valence-electron chi connectivity index (χ4n) is 1.54. The summed E-state index contributed by atoms with van der Waals surface area (Å²) in [6.45, 7) is 2.14. The number of hydrogen-bond acceptors (Lipinski definition) is 0. The third kappa shape index (κ3) is 1.93. The van der Waals surface area contributed by atoms with Gasteiger partial charge in [-0.2, -0.15) is 0 Å². The Morgan fingerprint density at radius 1 is 1.10 bits per heavy atom. The molecule has 0 amide bonds. The highest BCUT2D eigenvalue weighted by Gasteiger charge is 2.24. The molecule has 1 fully saturated rings. The Morgan fingerprint density at radius 2 is 1.60 bits per heavy atom. The van der Waals surface area contributed by atoms with Crippen molar-refractivity contribution in [3.63, 3.8) is 0 Å². The zero-order valence-corrected chi connectivity index (χ0v) is 6.32. The molecule has 1 aliphatic carbocycles. The van der Waals surface area contributed by atoms with Gasteiger partial charge in [-0.25, -0.2) is 8.78 Å². The molecule has 60 valence electrons. The van der Waals surface area contributed by atoms with Crippen molar-refractivity contribution in [2.45, 2.75) is 39.0 Å². The van der Waals surface area contributed by atoms with Crippen molar-refractivity contribution in [2.24, 2.45) is 11.8 Å². The molecule has 2 heteroatoms. The van der Waals surface area contributed by atoms with Gasteiger partial charge in [-0.15, -0.1) is 0 Å². The lowest BCUT2D eigenvalue weighted by Crippen LogP contribution is -2.18. The van der Waals surface area contributed by atoms with Gasteiger partial charge in [0.05, 0.1) is 0 Å². The van der Waals surface area contributed by atoms with Crippen molar-refractivity contribution >= 4 is 0 Å². The number of hydrogen-bond donors (Lipinski definition) is 0. The molecule has 1 rings (SSSR count). The average Bonchev–Trinajstić information content (AvgIpc) is 1.88. The molecule has 0 nitrogen and oxygen atoms in total. The van der Waals surface area contributed by atoms with Gasteiger partial charge >= 0.3 is 0 Å². The van der Waals surface area contributed by atoms with Crippen molar-refractivity contribution in [1.82, 2.24) is 0 Å². The third-order valence-corrected chi connectivity index (χ3v) is 2.42. The minimum Gasteiger partial charge on any atom is -0.210 e. The topological polar surface area (TPSA) is 0 Å². The fraction of sp³-hybridized carbons (Fsp3) is 1.00. The lowest BCUT2D eigenvalue weighted by Gasteiger charge is -2.25. The highest BCUT2D eigenvalue weighted by molar-refractivity contribution is 4.71. The van der Waals surface area contributed by atoms with E-state index in [1.54, 1.807) is 0 Å². The fourth-order valence-corrected chi connectivity index (χ4v) is 1.54. The van der Waals surface area contributed by atoms with Crippen molar-refractivity contribution in [2.75, 3.05) is 0 Å². The molecule has 0 aliphatic heterocycles. The molecule has 0 saturated heterocycles. The molecule has 0 N–H and O–H groups in total. The van der Waals surface area contributed by atoms with Crippen LogP contribution in [-0.4, -0.2) is 6.43 Å². The summed E-state index contributed by atoms with van der Waals surface area (Å²) in [5.41, 5.74) is 0. The van der Waals surface area contributed by atoms with E-state index in [4.69, 9.17) is 0 Å². The molecule has 0 radical (unpaired) electrons. The van der Waals surface area contributed by atoms with Crippen LogP contribution >= 0.6 is 0 Å².